The fraction of sp³-hybridized carbons (Fsp3) is 0.357. The molecule has 0 amide bonds. The van der Waals surface area contributed by atoms with Crippen LogP contribution in [0.25, 0.3) is 0 Å². The molecule has 0 saturated carbocycles. The molecular formula is C14H16N2O2. The monoisotopic (exact) mass is 244 g/mol. The van der Waals surface area contributed by atoms with Gasteiger partial charge >= 0.3 is 0 Å². The molecule has 0 spiro atoms. The van der Waals surface area contributed by atoms with Gasteiger partial charge in [0.25, 0.3) is 0 Å². The molecule has 0 saturated heterocycles. The van der Waals surface area contributed by atoms with Gasteiger partial charge in [0, 0.05) is 12.6 Å². The third-order valence-electron chi connectivity index (χ3n) is 3.22. The van der Waals surface area contributed by atoms with Crippen molar-refractivity contribution in [1.82, 2.24) is 10.2 Å². The van der Waals surface area contributed by atoms with Gasteiger partial charge in [-0.2, -0.15) is 5.10 Å². The minimum absolute atomic E-state index is 0.153. The van der Waals surface area contributed by atoms with Crippen LogP contribution < -0.4 is 4.74 Å². The van der Waals surface area contributed by atoms with Gasteiger partial charge in [0.15, 0.2) is 0 Å². The molecular weight excluding hydrogens is 228 g/mol. The molecule has 1 aliphatic rings. The van der Waals surface area contributed by atoms with Crippen LogP contribution in [0.3, 0.4) is 0 Å². The van der Waals surface area contributed by atoms with Gasteiger partial charge in [-0.05, 0) is 43.2 Å². The van der Waals surface area contributed by atoms with Crippen molar-refractivity contribution >= 4 is 0 Å². The van der Waals surface area contributed by atoms with E-state index in [1.807, 2.05) is 18.2 Å². The van der Waals surface area contributed by atoms with E-state index in [9.17, 15) is 5.11 Å². The molecule has 1 aromatic heterocycles. The van der Waals surface area contributed by atoms with Crippen LogP contribution in [0.1, 0.15) is 36.8 Å². The largest absolute Gasteiger partial charge is 0.487 e. The molecule has 2 heterocycles. The van der Waals surface area contributed by atoms with Crippen LogP contribution in [0.4, 0.5) is 0 Å². The Morgan fingerprint density at radius 3 is 2.94 bits per heavy atom. The summed E-state index contributed by atoms with van der Waals surface area (Å²) in [5.41, 5.74) is 2.56. The lowest BCUT2D eigenvalue weighted by Crippen LogP contribution is -2.24. The third-order valence-corrected chi connectivity index (χ3v) is 3.22. The molecule has 3 rings (SSSR count). The van der Waals surface area contributed by atoms with E-state index in [4.69, 9.17) is 4.74 Å². The van der Waals surface area contributed by atoms with Crippen molar-refractivity contribution < 1.29 is 9.84 Å². The van der Waals surface area contributed by atoms with E-state index in [0.29, 0.717) is 5.69 Å². The predicted molar refractivity (Wildman–Crippen MR) is 67.5 cm³/mol. The molecule has 4 nitrogen and oxygen atoms in total. The van der Waals surface area contributed by atoms with Crippen molar-refractivity contribution in [2.24, 2.45) is 0 Å². The summed E-state index contributed by atoms with van der Waals surface area (Å²) in [6, 6.07) is 7.61. The van der Waals surface area contributed by atoms with E-state index >= 15 is 0 Å². The standard InChI is InChI=1S/C14H16N2O2/c1-14(2)8-10-7-9(3-4-12(10)18-14)13(17)11-5-6-15-16-11/h3-7,13,17H,8H2,1-2H3,(H,15,16). The fourth-order valence-electron chi connectivity index (χ4n) is 2.40. The zero-order chi connectivity index (χ0) is 12.8. The van der Waals surface area contributed by atoms with Gasteiger partial charge in [0.05, 0.1) is 5.69 Å². The molecule has 4 heteroatoms. The Bertz CT molecular complexity index is 561. The van der Waals surface area contributed by atoms with E-state index in [-0.39, 0.29) is 5.60 Å². The SMILES string of the molecule is CC1(C)Cc2cc(C(O)c3ccn[nH]3)ccc2O1. The molecule has 94 valence electrons. The zero-order valence-electron chi connectivity index (χ0n) is 10.5. The van der Waals surface area contributed by atoms with Gasteiger partial charge < -0.3 is 9.84 Å². The first-order valence-corrected chi connectivity index (χ1v) is 6.04. The average Bonchev–Trinajstić information content (AvgIpc) is 2.91. The van der Waals surface area contributed by atoms with Gasteiger partial charge in [0.1, 0.15) is 17.5 Å². The first-order valence-electron chi connectivity index (χ1n) is 6.04. The van der Waals surface area contributed by atoms with Gasteiger partial charge in [-0.1, -0.05) is 6.07 Å². The predicted octanol–water partition coefficient (Wildman–Crippen LogP) is 2.20. The first-order chi connectivity index (χ1) is 8.55. The van der Waals surface area contributed by atoms with Gasteiger partial charge in [-0.15, -0.1) is 0 Å². The molecule has 0 fully saturated rings. The normalized spacial score (nSPS) is 18.2. The van der Waals surface area contributed by atoms with Gasteiger partial charge in [-0.3, -0.25) is 5.10 Å². The number of benzene rings is 1. The molecule has 1 atom stereocenters. The summed E-state index contributed by atoms with van der Waals surface area (Å²) in [7, 11) is 0. The van der Waals surface area contributed by atoms with Crippen molar-refractivity contribution in [2.75, 3.05) is 0 Å². The Kier molecular flexibility index (Phi) is 2.41. The second kappa shape index (κ2) is 3.85. The number of H-pyrrole nitrogens is 1. The molecule has 1 unspecified atom stereocenters. The highest BCUT2D eigenvalue weighted by molar-refractivity contribution is 5.43. The van der Waals surface area contributed by atoms with E-state index in [1.54, 1.807) is 12.3 Å². The summed E-state index contributed by atoms with van der Waals surface area (Å²) in [4.78, 5) is 0. The highest BCUT2D eigenvalue weighted by atomic mass is 16.5. The Hall–Kier alpha value is -1.81. The number of hydrogen-bond acceptors (Lipinski definition) is 3. The van der Waals surface area contributed by atoms with Crippen LogP contribution in [-0.2, 0) is 6.42 Å². The lowest BCUT2D eigenvalue weighted by Gasteiger charge is -2.16. The van der Waals surface area contributed by atoms with Crippen LogP contribution in [0, 0.1) is 0 Å². The minimum Gasteiger partial charge on any atom is -0.487 e. The minimum atomic E-state index is -0.665. The van der Waals surface area contributed by atoms with Crippen molar-refractivity contribution in [1.29, 1.82) is 0 Å². The maximum atomic E-state index is 10.2. The number of nitrogens with zero attached hydrogens (tertiary/aromatic N) is 1. The second-order valence-corrected chi connectivity index (χ2v) is 5.32. The van der Waals surface area contributed by atoms with Crippen molar-refractivity contribution in [3.63, 3.8) is 0 Å². The highest BCUT2D eigenvalue weighted by Crippen LogP contribution is 2.36. The lowest BCUT2D eigenvalue weighted by atomic mass is 9.98. The quantitative estimate of drug-likeness (QED) is 0.851. The summed E-state index contributed by atoms with van der Waals surface area (Å²) in [5, 5.41) is 16.9. The van der Waals surface area contributed by atoms with Crippen LogP contribution in [0.2, 0.25) is 0 Å². The zero-order valence-corrected chi connectivity index (χ0v) is 10.5. The van der Waals surface area contributed by atoms with Crippen molar-refractivity contribution in [3.8, 4) is 5.75 Å². The Labute approximate surface area is 106 Å². The van der Waals surface area contributed by atoms with Crippen LogP contribution in [0.5, 0.6) is 5.75 Å². The van der Waals surface area contributed by atoms with Crippen LogP contribution in [-0.4, -0.2) is 20.9 Å². The van der Waals surface area contributed by atoms with Crippen LogP contribution >= 0.6 is 0 Å². The molecule has 2 N–H and O–H groups in total. The number of ether oxygens (including phenoxy) is 1. The maximum absolute atomic E-state index is 10.2. The van der Waals surface area contributed by atoms with Crippen molar-refractivity contribution in [2.45, 2.75) is 32.0 Å². The number of hydrogen-bond donors (Lipinski definition) is 2. The summed E-state index contributed by atoms with van der Waals surface area (Å²) >= 11 is 0. The smallest absolute Gasteiger partial charge is 0.123 e. The molecule has 0 bridgehead atoms. The van der Waals surface area contributed by atoms with E-state index < -0.39 is 6.10 Å². The average molecular weight is 244 g/mol. The van der Waals surface area contributed by atoms with E-state index in [2.05, 4.69) is 24.0 Å². The summed E-state index contributed by atoms with van der Waals surface area (Å²) in [6.45, 7) is 4.13. The Morgan fingerprint density at radius 1 is 1.39 bits per heavy atom. The number of aromatic nitrogens is 2. The lowest BCUT2D eigenvalue weighted by molar-refractivity contribution is 0.138. The molecule has 1 aliphatic heterocycles. The Morgan fingerprint density at radius 2 is 2.22 bits per heavy atom. The molecule has 2 aromatic rings. The third kappa shape index (κ3) is 1.88. The highest BCUT2D eigenvalue weighted by Gasteiger charge is 2.30. The number of aliphatic hydroxyl groups is 1. The maximum Gasteiger partial charge on any atom is 0.123 e. The number of nitrogens with one attached hydrogen (secondary N) is 1. The van der Waals surface area contributed by atoms with Gasteiger partial charge in [0.2, 0.25) is 0 Å². The van der Waals surface area contributed by atoms with Gasteiger partial charge in [-0.25, -0.2) is 0 Å². The Balaban J connectivity index is 1.93. The second-order valence-electron chi connectivity index (χ2n) is 5.32. The number of fused-ring (bicyclic) bond motifs is 1. The summed E-state index contributed by atoms with van der Waals surface area (Å²) in [5.74, 6) is 0.917. The molecule has 1 aromatic carbocycles. The van der Waals surface area contributed by atoms with Crippen LogP contribution in [0.15, 0.2) is 30.5 Å². The number of aliphatic hydroxyl groups excluding tert-OH is 1. The number of aromatic amines is 1. The summed E-state index contributed by atoms with van der Waals surface area (Å²) < 4.78 is 5.82. The summed E-state index contributed by atoms with van der Waals surface area (Å²) in [6.07, 6.45) is 1.84. The van der Waals surface area contributed by atoms with E-state index in [1.165, 1.54) is 0 Å². The first kappa shape index (κ1) is 11.3. The molecule has 0 radical (unpaired) electrons. The van der Waals surface area contributed by atoms with Crippen molar-refractivity contribution in [3.05, 3.63) is 47.3 Å². The molecule has 18 heavy (non-hydrogen) atoms. The topological polar surface area (TPSA) is 58.1 Å². The van der Waals surface area contributed by atoms with E-state index in [0.717, 1.165) is 23.3 Å². The fourth-order valence-corrected chi connectivity index (χ4v) is 2.40. The molecule has 0 aliphatic carbocycles. The number of rotatable bonds is 2.